The predicted molar refractivity (Wildman–Crippen MR) is 188 cm³/mol. The molecule has 4 heterocycles. The quantitative estimate of drug-likeness (QED) is 0.192. The number of likely N-dealkylation sites (N-methyl/N-ethyl adjacent to an activating group) is 1. The van der Waals surface area contributed by atoms with Gasteiger partial charge in [0.25, 0.3) is 0 Å². The van der Waals surface area contributed by atoms with Gasteiger partial charge in [0.15, 0.2) is 0 Å². The van der Waals surface area contributed by atoms with Crippen LogP contribution in [0.5, 0.6) is 0 Å². The number of hydrogen-bond acceptors (Lipinski definition) is 9. The minimum atomic E-state index is -1.02. The molecule has 1 N–H and O–H groups in total. The molecule has 50 heavy (non-hydrogen) atoms. The van der Waals surface area contributed by atoms with Crippen LogP contribution < -0.4 is 20.6 Å². The zero-order chi connectivity index (χ0) is 36.2. The summed E-state index contributed by atoms with van der Waals surface area (Å²) in [4.78, 5) is 54.2. The maximum absolute atomic E-state index is 13.1. The Hall–Kier alpha value is -4.88. The van der Waals surface area contributed by atoms with Crippen molar-refractivity contribution in [3.8, 4) is 11.3 Å². The standard InChI is InChI=1S/C37H42BN3O9/c1-35(2,15-16-41-29-20-25(12-11-23(29)19-32(41)43)38-49-36(3,4)37(5,6)50-38)48-34(45)39-27(33(44)46-8)21-26-13-14-30(47-26)24-10-9-22-18-31(42)40(7)28(22)17-24/h9-14,17,20-21H,15-16,18-19H2,1-8H3,(H,39,45)/b27-21+. The van der Waals surface area contributed by atoms with Crippen molar-refractivity contribution in [1.82, 2.24) is 5.32 Å². The first kappa shape index (κ1) is 35.0. The number of ether oxygens (including phenoxy) is 2. The van der Waals surface area contributed by atoms with Gasteiger partial charge < -0.3 is 33.0 Å². The van der Waals surface area contributed by atoms with Crippen LogP contribution in [0.4, 0.5) is 16.2 Å². The van der Waals surface area contributed by atoms with Crippen LogP contribution in [0.1, 0.15) is 64.9 Å². The Morgan fingerprint density at radius 3 is 2.30 bits per heavy atom. The Bertz CT molecular complexity index is 1890. The number of nitrogens with one attached hydrogen (secondary N) is 1. The van der Waals surface area contributed by atoms with Crippen LogP contribution in [0.3, 0.4) is 0 Å². The second kappa shape index (κ2) is 12.8. The van der Waals surface area contributed by atoms with Crippen LogP contribution in [-0.2, 0) is 46.0 Å². The fraction of sp³-hybridized carbons (Fsp3) is 0.405. The molecule has 0 bridgehead atoms. The van der Waals surface area contributed by atoms with E-state index in [4.69, 9.17) is 23.2 Å². The van der Waals surface area contributed by atoms with E-state index in [0.29, 0.717) is 25.1 Å². The number of nitrogens with zero attached hydrogens (tertiary/aromatic N) is 2. The lowest BCUT2D eigenvalue weighted by Crippen LogP contribution is -2.41. The van der Waals surface area contributed by atoms with Gasteiger partial charge in [-0.15, -0.1) is 0 Å². The number of rotatable bonds is 9. The van der Waals surface area contributed by atoms with Crippen molar-refractivity contribution in [3.05, 3.63) is 71.1 Å². The number of furan rings is 1. The summed E-state index contributed by atoms with van der Waals surface area (Å²) < 4.78 is 29.0. The minimum absolute atomic E-state index is 0.0201. The number of alkyl carbamates (subject to hydrolysis) is 1. The Balaban J connectivity index is 1.10. The van der Waals surface area contributed by atoms with Crippen molar-refractivity contribution in [1.29, 1.82) is 0 Å². The van der Waals surface area contributed by atoms with E-state index >= 15 is 0 Å². The van der Waals surface area contributed by atoms with E-state index in [9.17, 15) is 19.2 Å². The summed E-state index contributed by atoms with van der Waals surface area (Å²) in [5.41, 5.74) is 2.80. The zero-order valence-corrected chi connectivity index (χ0v) is 29.7. The lowest BCUT2D eigenvalue weighted by atomic mass is 9.78. The highest BCUT2D eigenvalue weighted by Gasteiger charge is 2.52. The lowest BCUT2D eigenvalue weighted by Gasteiger charge is -2.32. The SMILES string of the molecule is COC(=O)/C(=C\c1ccc(-c2ccc3c(c2)N(C)C(=O)C3)o1)NC(=O)OC(C)(C)CCN1C(=O)Cc2ccc(B3OC(C)(C)C(C)(C)O3)cc21. The van der Waals surface area contributed by atoms with Gasteiger partial charge in [0.2, 0.25) is 11.8 Å². The second-order valence-corrected chi connectivity index (χ2v) is 14.4. The number of carbonyl (C=O) groups is 4. The Morgan fingerprint density at radius 2 is 1.60 bits per heavy atom. The molecule has 0 unspecified atom stereocenters. The predicted octanol–water partition coefficient (Wildman–Crippen LogP) is 4.76. The van der Waals surface area contributed by atoms with Gasteiger partial charge in [-0.3, -0.25) is 14.9 Å². The molecule has 262 valence electrons. The zero-order valence-electron chi connectivity index (χ0n) is 29.7. The Labute approximate surface area is 291 Å². The summed E-state index contributed by atoms with van der Waals surface area (Å²) in [6, 6.07) is 14.8. The molecule has 0 aliphatic carbocycles. The van der Waals surface area contributed by atoms with Crippen molar-refractivity contribution >= 4 is 53.9 Å². The number of esters is 1. The molecule has 0 spiro atoms. The molecule has 3 amide bonds. The van der Waals surface area contributed by atoms with Gasteiger partial charge in [-0.05, 0) is 82.4 Å². The minimum Gasteiger partial charge on any atom is -0.464 e. The van der Waals surface area contributed by atoms with Crippen molar-refractivity contribution in [2.75, 3.05) is 30.5 Å². The molecule has 0 radical (unpaired) electrons. The average Bonchev–Trinajstić information content (AvgIpc) is 3.77. The number of benzene rings is 2. The third-order valence-corrected chi connectivity index (χ3v) is 9.88. The van der Waals surface area contributed by atoms with Crippen LogP contribution >= 0.6 is 0 Å². The maximum Gasteiger partial charge on any atom is 0.494 e. The highest BCUT2D eigenvalue weighted by atomic mass is 16.7. The molecule has 3 aliphatic rings. The van der Waals surface area contributed by atoms with Crippen LogP contribution in [0.15, 0.2) is 58.6 Å². The van der Waals surface area contributed by atoms with Gasteiger partial charge >= 0.3 is 19.2 Å². The van der Waals surface area contributed by atoms with Crippen molar-refractivity contribution in [2.24, 2.45) is 0 Å². The molecule has 3 aromatic rings. The number of hydrogen-bond donors (Lipinski definition) is 1. The smallest absolute Gasteiger partial charge is 0.464 e. The Kier molecular flexibility index (Phi) is 8.94. The molecule has 1 saturated heterocycles. The van der Waals surface area contributed by atoms with E-state index < -0.39 is 36.0 Å². The average molecular weight is 684 g/mol. The van der Waals surface area contributed by atoms with Gasteiger partial charge in [0, 0.05) is 43.0 Å². The molecule has 1 aromatic heterocycles. The molecule has 1 fully saturated rings. The lowest BCUT2D eigenvalue weighted by molar-refractivity contribution is -0.136. The molecule has 0 atom stereocenters. The van der Waals surface area contributed by atoms with Gasteiger partial charge in [-0.2, -0.15) is 0 Å². The van der Waals surface area contributed by atoms with E-state index in [-0.39, 0.29) is 29.7 Å². The normalized spacial score (nSPS) is 18.0. The number of amides is 3. The molecule has 6 rings (SSSR count). The highest BCUT2D eigenvalue weighted by Crippen LogP contribution is 2.38. The molecular weight excluding hydrogens is 641 g/mol. The van der Waals surface area contributed by atoms with Crippen molar-refractivity contribution in [2.45, 2.75) is 77.6 Å². The third kappa shape index (κ3) is 6.79. The summed E-state index contributed by atoms with van der Waals surface area (Å²) in [7, 11) is 2.36. The van der Waals surface area contributed by atoms with Crippen LogP contribution in [0, 0.1) is 0 Å². The fourth-order valence-corrected chi connectivity index (χ4v) is 6.14. The molecule has 3 aliphatic heterocycles. The van der Waals surface area contributed by atoms with E-state index in [1.54, 1.807) is 42.8 Å². The first-order valence-electron chi connectivity index (χ1n) is 16.6. The van der Waals surface area contributed by atoms with Crippen molar-refractivity contribution in [3.63, 3.8) is 0 Å². The highest BCUT2D eigenvalue weighted by molar-refractivity contribution is 6.62. The monoisotopic (exact) mass is 683 g/mol. The molecular formula is C37H42BN3O9. The van der Waals surface area contributed by atoms with E-state index in [2.05, 4.69) is 5.32 Å². The number of anilines is 2. The molecule has 0 saturated carbocycles. The number of carbonyl (C=O) groups excluding carboxylic acids is 4. The second-order valence-electron chi connectivity index (χ2n) is 14.4. The topological polar surface area (TPSA) is 137 Å². The van der Waals surface area contributed by atoms with E-state index in [0.717, 1.165) is 33.5 Å². The summed E-state index contributed by atoms with van der Waals surface area (Å²) >= 11 is 0. The summed E-state index contributed by atoms with van der Waals surface area (Å²) in [5, 5.41) is 2.48. The first-order valence-corrected chi connectivity index (χ1v) is 16.6. The third-order valence-electron chi connectivity index (χ3n) is 9.88. The largest absolute Gasteiger partial charge is 0.494 e. The number of fused-ring (bicyclic) bond motifs is 2. The van der Waals surface area contributed by atoms with Crippen LogP contribution in [0.25, 0.3) is 17.4 Å². The fourth-order valence-electron chi connectivity index (χ4n) is 6.14. The summed E-state index contributed by atoms with van der Waals surface area (Å²) in [6.45, 7) is 11.7. The van der Waals surface area contributed by atoms with Gasteiger partial charge in [-0.25, -0.2) is 9.59 Å². The van der Waals surface area contributed by atoms with Crippen LogP contribution in [0.2, 0.25) is 0 Å². The van der Waals surface area contributed by atoms with E-state index in [1.165, 1.54) is 13.2 Å². The summed E-state index contributed by atoms with van der Waals surface area (Å²) in [5.74, 6) is -0.0311. The molecule has 2 aromatic carbocycles. The Morgan fingerprint density at radius 1 is 0.940 bits per heavy atom. The summed E-state index contributed by atoms with van der Waals surface area (Å²) in [6.07, 6.45) is 1.41. The van der Waals surface area contributed by atoms with E-state index in [1.807, 2.05) is 64.1 Å². The van der Waals surface area contributed by atoms with Crippen LogP contribution in [-0.4, -0.2) is 68.5 Å². The first-order chi connectivity index (χ1) is 23.5. The molecule has 12 nitrogen and oxygen atoms in total. The number of methoxy groups -OCH3 is 1. The molecule has 13 heteroatoms. The maximum atomic E-state index is 13.1. The van der Waals surface area contributed by atoms with Gasteiger partial charge in [-0.1, -0.05) is 24.3 Å². The van der Waals surface area contributed by atoms with Gasteiger partial charge in [0.1, 0.15) is 22.8 Å². The van der Waals surface area contributed by atoms with Crippen molar-refractivity contribution < 1.29 is 42.4 Å². The van der Waals surface area contributed by atoms with Gasteiger partial charge in [0.05, 0.1) is 31.2 Å².